The Morgan fingerprint density at radius 2 is 1.92 bits per heavy atom. The van der Waals surface area contributed by atoms with E-state index in [1.54, 1.807) is 0 Å². The van der Waals surface area contributed by atoms with Gasteiger partial charge in [0.1, 0.15) is 0 Å². The molecule has 1 heteroatoms. The zero-order valence-corrected chi connectivity index (χ0v) is 7.97. The lowest BCUT2D eigenvalue weighted by molar-refractivity contribution is 0.0690. The molecule has 4 bridgehead atoms. The molecular weight excluding hydrogens is 146 g/mol. The first-order valence-electron chi connectivity index (χ1n) is 5.47. The van der Waals surface area contributed by atoms with Crippen LogP contribution in [0, 0.1) is 17.3 Å². The van der Waals surface area contributed by atoms with Gasteiger partial charge in [-0.3, -0.25) is 0 Å². The van der Waals surface area contributed by atoms with Crippen LogP contribution in [0.3, 0.4) is 0 Å². The molecular formula is C11H19N. The van der Waals surface area contributed by atoms with Gasteiger partial charge in [-0.1, -0.05) is 6.92 Å². The number of fused-ring (bicyclic) bond motifs is 1. The SMILES string of the molecule is CC12CC3CNC(CC(C3)C1)C2. The fourth-order valence-corrected chi connectivity index (χ4v) is 4.19. The number of hydrogen-bond donors (Lipinski definition) is 1. The molecule has 0 spiro atoms. The highest BCUT2D eigenvalue weighted by molar-refractivity contribution is 4.99. The van der Waals surface area contributed by atoms with Gasteiger partial charge in [0.15, 0.2) is 0 Å². The minimum absolute atomic E-state index is 0.722. The molecule has 4 aliphatic rings. The second kappa shape index (κ2) is 2.25. The van der Waals surface area contributed by atoms with Crippen LogP contribution in [0.2, 0.25) is 0 Å². The topological polar surface area (TPSA) is 12.0 Å². The fourth-order valence-electron chi connectivity index (χ4n) is 4.19. The summed E-state index contributed by atoms with van der Waals surface area (Å²) in [6.07, 6.45) is 7.50. The first-order valence-corrected chi connectivity index (χ1v) is 5.47. The van der Waals surface area contributed by atoms with E-state index in [1.165, 1.54) is 38.6 Å². The molecule has 0 aromatic carbocycles. The van der Waals surface area contributed by atoms with Gasteiger partial charge >= 0.3 is 0 Å². The number of hydrogen-bond acceptors (Lipinski definition) is 1. The summed E-state index contributed by atoms with van der Waals surface area (Å²) >= 11 is 0. The van der Waals surface area contributed by atoms with E-state index in [0.717, 1.165) is 23.3 Å². The highest BCUT2D eigenvalue weighted by Gasteiger charge is 2.45. The second-order valence-electron chi connectivity index (χ2n) is 5.73. The molecule has 2 saturated heterocycles. The summed E-state index contributed by atoms with van der Waals surface area (Å²) in [5.41, 5.74) is 0.722. The van der Waals surface area contributed by atoms with Crippen LogP contribution in [0.1, 0.15) is 39.0 Å². The maximum Gasteiger partial charge on any atom is 0.00750 e. The van der Waals surface area contributed by atoms with Crippen LogP contribution >= 0.6 is 0 Å². The number of nitrogens with one attached hydrogen (secondary N) is 1. The van der Waals surface area contributed by atoms with Crippen molar-refractivity contribution in [1.29, 1.82) is 0 Å². The minimum atomic E-state index is 0.722. The van der Waals surface area contributed by atoms with Crippen molar-refractivity contribution >= 4 is 0 Å². The summed E-state index contributed by atoms with van der Waals surface area (Å²) < 4.78 is 0. The smallest absolute Gasteiger partial charge is 0.00750 e. The Morgan fingerprint density at radius 3 is 2.75 bits per heavy atom. The van der Waals surface area contributed by atoms with E-state index < -0.39 is 0 Å². The molecule has 12 heavy (non-hydrogen) atoms. The van der Waals surface area contributed by atoms with E-state index in [-0.39, 0.29) is 0 Å². The lowest BCUT2D eigenvalue weighted by atomic mass is 9.60. The maximum absolute atomic E-state index is 3.73. The molecule has 0 aromatic heterocycles. The van der Waals surface area contributed by atoms with Crippen LogP contribution < -0.4 is 5.32 Å². The fraction of sp³-hybridized carbons (Fsp3) is 1.00. The number of rotatable bonds is 0. The van der Waals surface area contributed by atoms with Gasteiger partial charge < -0.3 is 5.32 Å². The summed E-state index contributed by atoms with van der Waals surface area (Å²) in [4.78, 5) is 0. The molecule has 2 aliphatic heterocycles. The van der Waals surface area contributed by atoms with E-state index in [1.807, 2.05) is 0 Å². The highest BCUT2D eigenvalue weighted by Crippen LogP contribution is 2.52. The molecule has 4 atom stereocenters. The molecule has 0 radical (unpaired) electrons. The Kier molecular flexibility index (Phi) is 1.39. The predicted molar refractivity (Wildman–Crippen MR) is 50.0 cm³/mol. The predicted octanol–water partition coefficient (Wildman–Crippen LogP) is 2.17. The summed E-state index contributed by atoms with van der Waals surface area (Å²) in [7, 11) is 0. The van der Waals surface area contributed by atoms with Gasteiger partial charge in [0.05, 0.1) is 0 Å². The van der Waals surface area contributed by atoms with Crippen LogP contribution in [-0.2, 0) is 0 Å². The van der Waals surface area contributed by atoms with Crippen molar-refractivity contribution < 1.29 is 0 Å². The Morgan fingerprint density at radius 1 is 1.08 bits per heavy atom. The largest absolute Gasteiger partial charge is 0.314 e. The minimum Gasteiger partial charge on any atom is -0.314 e. The van der Waals surface area contributed by atoms with E-state index in [4.69, 9.17) is 0 Å². The van der Waals surface area contributed by atoms with Gasteiger partial charge in [0.25, 0.3) is 0 Å². The van der Waals surface area contributed by atoms with Crippen molar-refractivity contribution in [2.75, 3.05) is 6.54 Å². The van der Waals surface area contributed by atoms with Crippen LogP contribution in [-0.4, -0.2) is 12.6 Å². The van der Waals surface area contributed by atoms with Crippen LogP contribution in [0.5, 0.6) is 0 Å². The molecule has 2 aliphatic carbocycles. The average molecular weight is 165 g/mol. The maximum atomic E-state index is 3.73. The van der Waals surface area contributed by atoms with Crippen molar-refractivity contribution in [1.82, 2.24) is 5.32 Å². The first kappa shape index (κ1) is 7.37. The Labute approximate surface area is 74.9 Å². The van der Waals surface area contributed by atoms with E-state index in [0.29, 0.717) is 0 Å². The van der Waals surface area contributed by atoms with Crippen molar-refractivity contribution in [3.8, 4) is 0 Å². The van der Waals surface area contributed by atoms with Gasteiger partial charge in [0, 0.05) is 6.04 Å². The van der Waals surface area contributed by atoms with Gasteiger partial charge in [-0.05, 0) is 55.9 Å². The first-order chi connectivity index (χ1) is 5.73. The second-order valence-corrected chi connectivity index (χ2v) is 5.73. The molecule has 68 valence electrons. The van der Waals surface area contributed by atoms with Gasteiger partial charge in [-0.2, -0.15) is 0 Å². The molecule has 1 nitrogen and oxygen atoms in total. The molecule has 4 unspecified atom stereocenters. The van der Waals surface area contributed by atoms with Crippen molar-refractivity contribution in [2.24, 2.45) is 17.3 Å². The molecule has 2 saturated carbocycles. The van der Waals surface area contributed by atoms with Crippen molar-refractivity contribution in [3.63, 3.8) is 0 Å². The van der Waals surface area contributed by atoms with Crippen LogP contribution in [0.15, 0.2) is 0 Å². The monoisotopic (exact) mass is 165 g/mol. The molecule has 0 amide bonds. The zero-order chi connectivity index (χ0) is 8.18. The Balaban J connectivity index is 1.95. The third kappa shape index (κ3) is 1.02. The van der Waals surface area contributed by atoms with Crippen molar-refractivity contribution in [3.05, 3.63) is 0 Å². The normalized spacial score (nSPS) is 57.2. The van der Waals surface area contributed by atoms with Crippen LogP contribution in [0.25, 0.3) is 0 Å². The third-order valence-corrected chi connectivity index (χ3v) is 4.28. The molecule has 1 N–H and O–H groups in total. The van der Waals surface area contributed by atoms with E-state index in [2.05, 4.69) is 12.2 Å². The third-order valence-electron chi connectivity index (χ3n) is 4.28. The van der Waals surface area contributed by atoms with Crippen molar-refractivity contribution in [2.45, 2.75) is 45.1 Å². The standard InChI is InChI=1S/C11H19N/c1-11-4-8-2-9(5-11)7-12-10(3-8)6-11/h8-10,12H,2-7H2,1H3. The van der Waals surface area contributed by atoms with Crippen LogP contribution in [0.4, 0.5) is 0 Å². The molecule has 2 heterocycles. The van der Waals surface area contributed by atoms with Gasteiger partial charge in [-0.15, -0.1) is 0 Å². The zero-order valence-electron chi connectivity index (χ0n) is 7.97. The Hall–Kier alpha value is -0.0400. The van der Waals surface area contributed by atoms with E-state index in [9.17, 15) is 0 Å². The lowest BCUT2D eigenvalue weighted by Crippen LogP contribution is -2.39. The van der Waals surface area contributed by atoms with Gasteiger partial charge in [0.2, 0.25) is 0 Å². The molecule has 4 fully saturated rings. The quantitative estimate of drug-likeness (QED) is 0.580. The summed E-state index contributed by atoms with van der Waals surface area (Å²) in [6, 6.07) is 0.876. The lowest BCUT2D eigenvalue weighted by Gasteiger charge is -2.45. The molecule has 0 aromatic rings. The average Bonchev–Trinajstić information content (AvgIpc) is 2.14. The summed E-state index contributed by atoms with van der Waals surface area (Å²) in [6.45, 7) is 3.84. The summed E-state index contributed by atoms with van der Waals surface area (Å²) in [5, 5.41) is 3.73. The van der Waals surface area contributed by atoms with Gasteiger partial charge in [-0.25, -0.2) is 0 Å². The molecule has 4 rings (SSSR count). The Bertz CT molecular complexity index is 183. The van der Waals surface area contributed by atoms with E-state index >= 15 is 0 Å². The summed E-state index contributed by atoms with van der Waals surface area (Å²) in [5.74, 6) is 2.09. The highest BCUT2D eigenvalue weighted by atomic mass is 14.9.